The van der Waals surface area contributed by atoms with Gasteiger partial charge in [0.15, 0.2) is 5.82 Å². The summed E-state index contributed by atoms with van der Waals surface area (Å²) in [7, 11) is 3.18. The SMILES string of the molecule is COc1ccc(-c2noc(CSc3nnc(-c4ccc(C(C)(C)C)cc4)n3N)n2)c(OC)c1. The van der Waals surface area contributed by atoms with Gasteiger partial charge in [-0.2, -0.15) is 4.98 Å². The summed E-state index contributed by atoms with van der Waals surface area (Å²) >= 11 is 1.36. The van der Waals surface area contributed by atoms with E-state index in [4.69, 9.17) is 19.8 Å². The number of ether oxygens (including phenoxy) is 2. The lowest BCUT2D eigenvalue weighted by Gasteiger charge is -2.19. The number of nitrogens with two attached hydrogens (primary N) is 1. The molecule has 2 aromatic heterocycles. The molecule has 0 aliphatic heterocycles. The van der Waals surface area contributed by atoms with Crippen LogP contribution in [0.3, 0.4) is 0 Å². The molecule has 0 bridgehead atoms. The molecule has 172 valence electrons. The second-order valence-corrected chi connectivity index (χ2v) is 9.31. The Balaban J connectivity index is 1.47. The molecule has 33 heavy (non-hydrogen) atoms. The highest BCUT2D eigenvalue weighted by Crippen LogP contribution is 2.32. The first-order valence-corrected chi connectivity index (χ1v) is 11.3. The molecule has 0 spiro atoms. The fourth-order valence-electron chi connectivity index (χ4n) is 3.22. The van der Waals surface area contributed by atoms with Crippen molar-refractivity contribution in [3.05, 3.63) is 53.9 Å². The van der Waals surface area contributed by atoms with Gasteiger partial charge in [0.2, 0.25) is 16.9 Å². The van der Waals surface area contributed by atoms with Crippen molar-refractivity contribution in [2.45, 2.75) is 37.1 Å². The lowest BCUT2D eigenvalue weighted by Crippen LogP contribution is -2.12. The van der Waals surface area contributed by atoms with Crippen LogP contribution in [0.2, 0.25) is 0 Å². The molecule has 0 saturated heterocycles. The van der Waals surface area contributed by atoms with Crippen molar-refractivity contribution in [1.29, 1.82) is 0 Å². The van der Waals surface area contributed by atoms with E-state index in [0.717, 1.165) is 5.56 Å². The van der Waals surface area contributed by atoms with Crippen molar-refractivity contribution < 1.29 is 14.0 Å². The van der Waals surface area contributed by atoms with Crippen LogP contribution in [0.4, 0.5) is 0 Å². The average molecular weight is 467 g/mol. The van der Waals surface area contributed by atoms with Gasteiger partial charge in [-0.15, -0.1) is 10.2 Å². The van der Waals surface area contributed by atoms with Crippen LogP contribution >= 0.6 is 11.8 Å². The molecule has 2 heterocycles. The van der Waals surface area contributed by atoms with E-state index < -0.39 is 0 Å². The number of thioether (sulfide) groups is 1. The fourth-order valence-corrected chi connectivity index (χ4v) is 3.92. The molecule has 0 aliphatic carbocycles. The van der Waals surface area contributed by atoms with E-state index in [2.05, 4.69) is 53.2 Å². The van der Waals surface area contributed by atoms with Gasteiger partial charge in [-0.1, -0.05) is 62.0 Å². The first-order valence-electron chi connectivity index (χ1n) is 10.3. The quantitative estimate of drug-likeness (QED) is 0.314. The monoisotopic (exact) mass is 466 g/mol. The fraction of sp³-hybridized carbons (Fsp3) is 0.304. The first-order chi connectivity index (χ1) is 15.8. The Bertz CT molecular complexity index is 1240. The summed E-state index contributed by atoms with van der Waals surface area (Å²) in [6, 6.07) is 13.6. The van der Waals surface area contributed by atoms with Crippen LogP contribution in [0.15, 0.2) is 52.1 Å². The van der Waals surface area contributed by atoms with Gasteiger partial charge in [0, 0.05) is 11.6 Å². The molecule has 0 radical (unpaired) electrons. The van der Waals surface area contributed by atoms with Crippen molar-refractivity contribution in [3.63, 3.8) is 0 Å². The second-order valence-electron chi connectivity index (χ2n) is 8.37. The number of nitrogen functional groups attached to an aromatic ring is 1. The first kappa shape index (κ1) is 22.7. The standard InChI is InChI=1S/C23H26N6O3S/c1-23(2,3)15-8-6-14(7-9-15)21-26-27-22(29(21)24)33-13-19-25-20(28-32-19)17-11-10-16(30-4)12-18(17)31-5/h6-12H,13,24H2,1-5H3. The van der Waals surface area contributed by atoms with E-state index >= 15 is 0 Å². The molecule has 0 unspecified atom stereocenters. The predicted molar refractivity (Wildman–Crippen MR) is 127 cm³/mol. The van der Waals surface area contributed by atoms with Gasteiger partial charge in [-0.25, -0.2) is 4.68 Å². The third kappa shape index (κ3) is 4.80. The highest BCUT2D eigenvalue weighted by Gasteiger charge is 2.18. The van der Waals surface area contributed by atoms with Crippen molar-refractivity contribution in [3.8, 4) is 34.3 Å². The van der Waals surface area contributed by atoms with Crippen LogP contribution in [-0.2, 0) is 11.2 Å². The molecular weight excluding hydrogens is 440 g/mol. The topological polar surface area (TPSA) is 114 Å². The maximum Gasteiger partial charge on any atom is 0.237 e. The molecule has 4 rings (SSSR count). The van der Waals surface area contributed by atoms with Gasteiger partial charge in [-0.3, -0.25) is 0 Å². The molecule has 0 saturated carbocycles. The smallest absolute Gasteiger partial charge is 0.237 e. The van der Waals surface area contributed by atoms with E-state index in [0.29, 0.717) is 45.5 Å². The van der Waals surface area contributed by atoms with E-state index in [1.807, 2.05) is 24.3 Å². The molecule has 0 amide bonds. The number of hydrogen-bond acceptors (Lipinski definition) is 9. The van der Waals surface area contributed by atoms with E-state index in [1.165, 1.54) is 22.0 Å². The van der Waals surface area contributed by atoms with Gasteiger partial charge in [-0.05, 0) is 23.1 Å². The Morgan fingerprint density at radius 2 is 1.79 bits per heavy atom. The van der Waals surface area contributed by atoms with Crippen molar-refractivity contribution in [1.82, 2.24) is 25.0 Å². The largest absolute Gasteiger partial charge is 0.497 e. The number of methoxy groups -OCH3 is 2. The number of rotatable bonds is 7. The Labute approximate surface area is 196 Å². The average Bonchev–Trinajstić information content (AvgIpc) is 3.43. The minimum atomic E-state index is 0.0781. The zero-order chi connectivity index (χ0) is 23.6. The Kier molecular flexibility index (Phi) is 6.28. The van der Waals surface area contributed by atoms with Crippen LogP contribution in [-0.4, -0.2) is 39.2 Å². The molecule has 2 N–H and O–H groups in total. The number of aromatic nitrogens is 5. The zero-order valence-electron chi connectivity index (χ0n) is 19.2. The minimum absolute atomic E-state index is 0.0781. The van der Waals surface area contributed by atoms with Gasteiger partial charge < -0.3 is 19.8 Å². The maximum absolute atomic E-state index is 6.26. The summed E-state index contributed by atoms with van der Waals surface area (Å²) in [6.45, 7) is 6.53. The molecule has 0 fully saturated rings. The highest BCUT2D eigenvalue weighted by atomic mass is 32.2. The summed E-state index contributed by atoms with van der Waals surface area (Å²) in [5, 5.41) is 13.1. The lowest BCUT2D eigenvalue weighted by atomic mass is 9.87. The van der Waals surface area contributed by atoms with Crippen LogP contribution in [0, 0.1) is 0 Å². The molecule has 10 heteroatoms. The van der Waals surface area contributed by atoms with Crippen LogP contribution < -0.4 is 15.3 Å². The maximum atomic E-state index is 6.26. The molecule has 4 aromatic rings. The van der Waals surface area contributed by atoms with Crippen molar-refractivity contribution >= 4 is 11.8 Å². The number of nitrogens with zero attached hydrogens (tertiary/aromatic N) is 5. The third-order valence-corrected chi connectivity index (χ3v) is 6.04. The molecule has 0 atom stereocenters. The Morgan fingerprint density at radius 1 is 1.03 bits per heavy atom. The Hall–Kier alpha value is -3.53. The predicted octanol–water partition coefficient (Wildman–Crippen LogP) is 4.32. The van der Waals surface area contributed by atoms with Gasteiger partial charge >= 0.3 is 0 Å². The molecule has 0 aliphatic rings. The summed E-state index contributed by atoms with van der Waals surface area (Å²) in [6.07, 6.45) is 0. The van der Waals surface area contributed by atoms with E-state index in [1.54, 1.807) is 20.3 Å². The third-order valence-electron chi connectivity index (χ3n) is 5.12. The summed E-state index contributed by atoms with van der Waals surface area (Å²) in [5.74, 6) is 9.39. The van der Waals surface area contributed by atoms with Crippen molar-refractivity contribution in [2.24, 2.45) is 0 Å². The van der Waals surface area contributed by atoms with Crippen LogP contribution in [0.25, 0.3) is 22.8 Å². The second kappa shape index (κ2) is 9.14. The van der Waals surface area contributed by atoms with Gasteiger partial charge in [0.25, 0.3) is 0 Å². The minimum Gasteiger partial charge on any atom is -0.497 e. The van der Waals surface area contributed by atoms with Crippen LogP contribution in [0.1, 0.15) is 32.2 Å². The van der Waals surface area contributed by atoms with E-state index in [9.17, 15) is 0 Å². The van der Waals surface area contributed by atoms with Crippen LogP contribution in [0.5, 0.6) is 11.5 Å². The summed E-state index contributed by atoms with van der Waals surface area (Å²) in [4.78, 5) is 4.47. The number of hydrogen-bond donors (Lipinski definition) is 1. The lowest BCUT2D eigenvalue weighted by molar-refractivity contribution is 0.388. The normalized spacial score (nSPS) is 11.5. The zero-order valence-corrected chi connectivity index (χ0v) is 20.0. The molecule has 2 aromatic carbocycles. The molecular formula is C23H26N6O3S. The highest BCUT2D eigenvalue weighted by molar-refractivity contribution is 7.98. The Morgan fingerprint density at radius 3 is 2.45 bits per heavy atom. The van der Waals surface area contributed by atoms with Gasteiger partial charge in [0.05, 0.1) is 25.5 Å². The number of benzene rings is 2. The van der Waals surface area contributed by atoms with E-state index in [-0.39, 0.29) is 5.41 Å². The molecule has 9 nitrogen and oxygen atoms in total. The summed E-state index contributed by atoms with van der Waals surface area (Å²) < 4.78 is 17.5. The summed E-state index contributed by atoms with van der Waals surface area (Å²) in [5.41, 5.74) is 2.93. The van der Waals surface area contributed by atoms with Gasteiger partial charge in [0.1, 0.15) is 11.5 Å². The van der Waals surface area contributed by atoms with Crippen molar-refractivity contribution in [2.75, 3.05) is 20.1 Å².